The lowest BCUT2D eigenvalue weighted by Gasteiger charge is -2.22. The summed E-state index contributed by atoms with van der Waals surface area (Å²) < 4.78 is 6.57. The molecule has 0 heterocycles. The lowest BCUT2D eigenvalue weighted by Crippen LogP contribution is -2.22. The van der Waals surface area contributed by atoms with Gasteiger partial charge >= 0.3 is 0 Å². The van der Waals surface area contributed by atoms with Crippen molar-refractivity contribution in [3.63, 3.8) is 0 Å². The highest BCUT2D eigenvalue weighted by Crippen LogP contribution is 2.31. The van der Waals surface area contributed by atoms with Gasteiger partial charge in [-0.1, -0.05) is 35.8 Å². The summed E-state index contributed by atoms with van der Waals surface area (Å²) in [4.78, 5) is 0. The number of hydrogen-bond donors (Lipinski definition) is 1. The van der Waals surface area contributed by atoms with E-state index in [2.05, 4.69) is 41.2 Å². The predicted molar refractivity (Wildman–Crippen MR) is 71.9 cm³/mol. The summed E-state index contributed by atoms with van der Waals surface area (Å²) in [6, 6.07) is 6.54. The molecular weight excluding hydrogens is 266 g/mol. The van der Waals surface area contributed by atoms with Gasteiger partial charge in [0.25, 0.3) is 0 Å². The Morgan fingerprint density at radius 1 is 1.38 bits per heavy atom. The van der Waals surface area contributed by atoms with Gasteiger partial charge in [-0.15, -0.1) is 0 Å². The van der Waals surface area contributed by atoms with Crippen molar-refractivity contribution in [3.05, 3.63) is 28.2 Å². The number of hydrogen-bond acceptors (Lipinski definition) is 2. The van der Waals surface area contributed by atoms with Gasteiger partial charge < -0.3 is 10.1 Å². The largest absolute Gasteiger partial charge is 0.494 e. The molecule has 1 atom stereocenters. The highest BCUT2D eigenvalue weighted by Gasteiger charge is 2.16. The molecule has 0 spiro atoms. The predicted octanol–water partition coefficient (Wildman–Crippen LogP) is 3.76. The molecule has 0 aliphatic carbocycles. The lowest BCUT2D eigenvalue weighted by atomic mass is 9.96. The van der Waals surface area contributed by atoms with Crippen LogP contribution in [0.15, 0.2) is 22.7 Å². The summed E-state index contributed by atoms with van der Waals surface area (Å²) in [5.41, 5.74) is 1.28. The van der Waals surface area contributed by atoms with E-state index in [1.165, 1.54) is 5.56 Å². The Morgan fingerprint density at radius 3 is 2.50 bits per heavy atom. The molecule has 2 nitrogen and oxygen atoms in total. The monoisotopic (exact) mass is 285 g/mol. The SMILES string of the molecule is CCOc1ccc(C(NC)C(C)C)c(Br)c1. The summed E-state index contributed by atoms with van der Waals surface area (Å²) in [7, 11) is 1.99. The summed E-state index contributed by atoms with van der Waals surface area (Å²) in [6.07, 6.45) is 0. The average Bonchev–Trinajstić information content (AvgIpc) is 2.22. The van der Waals surface area contributed by atoms with Crippen molar-refractivity contribution in [2.24, 2.45) is 5.92 Å². The second kappa shape index (κ2) is 6.26. The summed E-state index contributed by atoms with van der Waals surface area (Å²) in [5.74, 6) is 1.47. The van der Waals surface area contributed by atoms with E-state index in [0.717, 1.165) is 10.2 Å². The van der Waals surface area contributed by atoms with Crippen LogP contribution in [0.4, 0.5) is 0 Å². The standard InChI is InChI=1S/C13H20BrNO/c1-5-16-10-6-7-11(12(14)8-10)13(15-4)9(2)3/h6-9,13,15H,5H2,1-4H3. The van der Waals surface area contributed by atoms with Crippen molar-refractivity contribution >= 4 is 15.9 Å². The maximum absolute atomic E-state index is 5.47. The van der Waals surface area contributed by atoms with E-state index in [1.54, 1.807) is 0 Å². The number of ether oxygens (including phenoxy) is 1. The van der Waals surface area contributed by atoms with Crippen molar-refractivity contribution in [2.45, 2.75) is 26.8 Å². The average molecular weight is 286 g/mol. The molecule has 0 saturated heterocycles. The third kappa shape index (κ3) is 3.22. The summed E-state index contributed by atoms with van der Waals surface area (Å²) in [6.45, 7) is 7.12. The zero-order valence-corrected chi connectivity index (χ0v) is 12.0. The van der Waals surface area contributed by atoms with E-state index in [9.17, 15) is 0 Å². The number of halogens is 1. The van der Waals surface area contributed by atoms with Crippen molar-refractivity contribution in [3.8, 4) is 5.75 Å². The normalized spacial score (nSPS) is 12.9. The van der Waals surface area contributed by atoms with Crippen molar-refractivity contribution in [1.29, 1.82) is 0 Å². The fourth-order valence-corrected chi connectivity index (χ4v) is 2.47. The molecule has 1 N–H and O–H groups in total. The van der Waals surface area contributed by atoms with Gasteiger partial charge in [0.1, 0.15) is 5.75 Å². The van der Waals surface area contributed by atoms with Crippen LogP contribution >= 0.6 is 15.9 Å². The Labute approximate surface area is 107 Å². The first-order valence-electron chi connectivity index (χ1n) is 5.69. The quantitative estimate of drug-likeness (QED) is 0.889. The minimum Gasteiger partial charge on any atom is -0.494 e. The first-order chi connectivity index (χ1) is 7.60. The molecule has 0 aliphatic rings. The Hall–Kier alpha value is -0.540. The van der Waals surface area contributed by atoms with Crippen LogP contribution in [0.3, 0.4) is 0 Å². The fraction of sp³-hybridized carbons (Fsp3) is 0.538. The van der Waals surface area contributed by atoms with Crippen LogP contribution in [0.5, 0.6) is 5.75 Å². The molecule has 1 rings (SSSR count). The van der Waals surface area contributed by atoms with Gasteiger partial charge in [-0.3, -0.25) is 0 Å². The second-order valence-corrected chi connectivity index (χ2v) is 4.98. The lowest BCUT2D eigenvalue weighted by molar-refractivity contribution is 0.339. The van der Waals surface area contributed by atoms with Gasteiger partial charge in [-0.2, -0.15) is 0 Å². The Bertz CT molecular complexity index is 339. The zero-order valence-electron chi connectivity index (χ0n) is 10.4. The van der Waals surface area contributed by atoms with Crippen LogP contribution in [0.1, 0.15) is 32.4 Å². The van der Waals surface area contributed by atoms with Crippen molar-refractivity contribution in [1.82, 2.24) is 5.32 Å². The molecule has 0 radical (unpaired) electrons. The number of rotatable bonds is 5. The van der Waals surface area contributed by atoms with Crippen molar-refractivity contribution < 1.29 is 4.74 Å². The number of nitrogens with one attached hydrogen (secondary N) is 1. The van der Waals surface area contributed by atoms with Crippen LogP contribution in [-0.2, 0) is 0 Å². The fourth-order valence-electron chi connectivity index (χ4n) is 1.86. The van der Waals surface area contributed by atoms with Crippen LogP contribution in [-0.4, -0.2) is 13.7 Å². The Morgan fingerprint density at radius 2 is 2.06 bits per heavy atom. The van der Waals surface area contributed by atoms with Crippen LogP contribution in [0.2, 0.25) is 0 Å². The Kier molecular flexibility index (Phi) is 5.29. The first-order valence-corrected chi connectivity index (χ1v) is 6.49. The van der Waals surface area contributed by atoms with Gasteiger partial charge in [0.05, 0.1) is 6.61 Å². The van der Waals surface area contributed by atoms with Gasteiger partial charge in [-0.05, 0) is 37.6 Å². The molecule has 1 aromatic rings. The molecule has 90 valence electrons. The van der Waals surface area contributed by atoms with E-state index in [1.807, 2.05) is 26.1 Å². The van der Waals surface area contributed by atoms with E-state index in [4.69, 9.17) is 4.74 Å². The molecule has 0 fully saturated rings. The molecule has 1 aromatic carbocycles. The van der Waals surface area contributed by atoms with Gasteiger partial charge in [0, 0.05) is 10.5 Å². The minimum atomic E-state index is 0.366. The molecule has 0 saturated carbocycles. The maximum atomic E-state index is 5.47. The summed E-state index contributed by atoms with van der Waals surface area (Å²) in [5, 5.41) is 3.34. The van der Waals surface area contributed by atoms with E-state index in [-0.39, 0.29) is 0 Å². The zero-order chi connectivity index (χ0) is 12.1. The highest BCUT2D eigenvalue weighted by atomic mass is 79.9. The number of benzene rings is 1. The van der Waals surface area contributed by atoms with Gasteiger partial charge in [0.2, 0.25) is 0 Å². The molecule has 16 heavy (non-hydrogen) atoms. The smallest absolute Gasteiger partial charge is 0.120 e. The minimum absolute atomic E-state index is 0.366. The topological polar surface area (TPSA) is 21.3 Å². The van der Waals surface area contributed by atoms with Gasteiger partial charge in [-0.25, -0.2) is 0 Å². The molecule has 0 bridgehead atoms. The highest BCUT2D eigenvalue weighted by molar-refractivity contribution is 9.10. The molecule has 0 aromatic heterocycles. The van der Waals surface area contributed by atoms with Crippen LogP contribution < -0.4 is 10.1 Å². The summed E-state index contributed by atoms with van der Waals surface area (Å²) >= 11 is 3.61. The van der Waals surface area contributed by atoms with Crippen molar-refractivity contribution in [2.75, 3.05) is 13.7 Å². The molecule has 0 aliphatic heterocycles. The molecular formula is C13H20BrNO. The van der Waals surface area contributed by atoms with Gasteiger partial charge in [0.15, 0.2) is 0 Å². The van der Waals surface area contributed by atoms with Crippen LogP contribution in [0.25, 0.3) is 0 Å². The second-order valence-electron chi connectivity index (χ2n) is 4.13. The molecule has 0 amide bonds. The van der Waals surface area contributed by atoms with E-state index < -0.39 is 0 Å². The molecule has 1 unspecified atom stereocenters. The first kappa shape index (κ1) is 13.5. The van der Waals surface area contributed by atoms with E-state index in [0.29, 0.717) is 18.6 Å². The Balaban J connectivity index is 2.97. The molecule has 3 heteroatoms. The maximum Gasteiger partial charge on any atom is 0.120 e. The van der Waals surface area contributed by atoms with Crippen LogP contribution in [0, 0.1) is 5.92 Å². The third-order valence-electron chi connectivity index (χ3n) is 2.60. The van der Waals surface area contributed by atoms with E-state index >= 15 is 0 Å². The third-order valence-corrected chi connectivity index (χ3v) is 3.28.